The highest BCUT2D eigenvalue weighted by molar-refractivity contribution is 5.31. The van der Waals surface area contributed by atoms with Gasteiger partial charge in [0, 0.05) is 0 Å². The molecule has 2 aromatic carbocycles. The summed E-state index contributed by atoms with van der Waals surface area (Å²) in [6.07, 6.45) is 1.23. The molecule has 0 heterocycles. The maximum Gasteiger partial charge on any atom is 0.121 e. The van der Waals surface area contributed by atoms with E-state index in [2.05, 4.69) is 51.1 Å². The van der Waals surface area contributed by atoms with Crippen LogP contribution in [0.3, 0.4) is 0 Å². The van der Waals surface area contributed by atoms with E-state index in [4.69, 9.17) is 4.74 Å². The first-order valence-electron chi connectivity index (χ1n) is 7.02. The van der Waals surface area contributed by atoms with E-state index in [1.165, 1.54) is 11.1 Å². The van der Waals surface area contributed by atoms with Gasteiger partial charge in [0.15, 0.2) is 0 Å². The van der Waals surface area contributed by atoms with Crippen LogP contribution in [0.25, 0.3) is 0 Å². The molecule has 0 bridgehead atoms. The average Bonchev–Trinajstić information content (AvgIpc) is 2.47. The Hall–Kier alpha value is -1.76. The Balaban J connectivity index is 2.11. The van der Waals surface area contributed by atoms with Gasteiger partial charge in [-0.05, 0) is 42.5 Å². The van der Waals surface area contributed by atoms with Gasteiger partial charge in [0.2, 0.25) is 0 Å². The molecule has 0 fully saturated rings. The fraction of sp³-hybridized carbons (Fsp3) is 0.333. The smallest absolute Gasteiger partial charge is 0.121 e. The van der Waals surface area contributed by atoms with Gasteiger partial charge in [-0.1, -0.05) is 56.3 Å². The van der Waals surface area contributed by atoms with Crippen LogP contribution in [0.4, 0.5) is 0 Å². The number of hydrogen-bond acceptors (Lipinski definition) is 1. The van der Waals surface area contributed by atoms with Crippen molar-refractivity contribution in [2.75, 3.05) is 0 Å². The van der Waals surface area contributed by atoms with Crippen molar-refractivity contribution in [3.8, 4) is 5.75 Å². The first kappa shape index (κ1) is 13.7. The molecular weight excluding hydrogens is 232 g/mol. The van der Waals surface area contributed by atoms with Crippen LogP contribution in [0.1, 0.15) is 50.3 Å². The lowest BCUT2D eigenvalue weighted by Gasteiger charge is -2.17. The minimum absolute atomic E-state index is 0.0772. The highest BCUT2D eigenvalue weighted by Crippen LogP contribution is 2.26. The summed E-state index contributed by atoms with van der Waals surface area (Å²) in [5.74, 6) is 1.53. The molecule has 0 saturated carbocycles. The average molecular weight is 254 g/mol. The third-order valence-electron chi connectivity index (χ3n) is 3.62. The normalized spacial score (nSPS) is 13.8. The van der Waals surface area contributed by atoms with Gasteiger partial charge in [0.1, 0.15) is 11.9 Å². The molecular formula is C18H22O. The highest BCUT2D eigenvalue weighted by Gasteiger charge is 2.08. The molecule has 2 atom stereocenters. The quantitative estimate of drug-likeness (QED) is 0.699. The van der Waals surface area contributed by atoms with E-state index in [-0.39, 0.29) is 6.10 Å². The van der Waals surface area contributed by atoms with Crippen molar-refractivity contribution in [1.82, 2.24) is 0 Å². The van der Waals surface area contributed by atoms with E-state index in [1.807, 2.05) is 24.3 Å². The molecule has 0 aliphatic heterocycles. The summed E-state index contributed by atoms with van der Waals surface area (Å²) >= 11 is 0. The van der Waals surface area contributed by atoms with Crippen LogP contribution in [0.5, 0.6) is 5.75 Å². The van der Waals surface area contributed by atoms with Gasteiger partial charge >= 0.3 is 0 Å². The zero-order chi connectivity index (χ0) is 13.7. The molecule has 1 heteroatoms. The Morgan fingerprint density at radius 1 is 0.895 bits per heavy atom. The molecule has 2 unspecified atom stereocenters. The SMILES string of the molecule is CCC(C)c1cccc(OC(C)c2ccccc2)c1. The summed E-state index contributed by atoms with van der Waals surface area (Å²) in [7, 11) is 0. The van der Waals surface area contributed by atoms with E-state index in [1.54, 1.807) is 0 Å². The van der Waals surface area contributed by atoms with Gasteiger partial charge in [-0.3, -0.25) is 0 Å². The Bertz CT molecular complexity index is 504. The highest BCUT2D eigenvalue weighted by atomic mass is 16.5. The first-order chi connectivity index (χ1) is 9.20. The second-order valence-electron chi connectivity index (χ2n) is 5.05. The molecule has 2 aromatic rings. The standard InChI is InChI=1S/C18H22O/c1-4-14(2)17-11-8-12-18(13-17)19-15(3)16-9-6-5-7-10-16/h5-15H,4H2,1-3H3. The summed E-state index contributed by atoms with van der Waals surface area (Å²) in [6.45, 7) is 6.55. The summed E-state index contributed by atoms with van der Waals surface area (Å²) in [5, 5.41) is 0. The van der Waals surface area contributed by atoms with Crippen molar-refractivity contribution >= 4 is 0 Å². The monoisotopic (exact) mass is 254 g/mol. The van der Waals surface area contributed by atoms with Crippen molar-refractivity contribution < 1.29 is 4.74 Å². The van der Waals surface area contributed by atoms with Crippen LogP contribution in [0, 0.1) is 0 Å². The first-order valence-corrected chi connectivity index (χ1v) is 7.02. The van der Waals surface area contributed by atoms with Crippen LogP contribution < -0.4 is 4.74 Å². The number of benzene rings is 2. The van der Waals surface area contributed by atoms with Crippen LogP contribution in [0.15, 0.2) is 54.6 Å². The lowest BCUT2D eigenvalue weighted by Crippen LogP contribution is -2.03. The molecule has 0 spiro atoms. The van der Waals surface area contributed by atoms with Crippen molar-refractivity contribution in [2.24, 2.45) is 0 Å². The second-order valence-corrected chi connectivity index (χ2v) is 5.05. The third-order valence-corrected chi connectivity index (χ3v) is 3.62. The van der Waals surface area contributed by atoms with Crippen LogP contribution >= 0.6 is 0 Å². The fourth-order valence-corrected chi connectivity index (χ4v) is 2.13. The Morgan fingerprint density at radius 3 is 2.26 bits per heavy atom. The Morgan fingerprint density at radius 2 is 1.58 bits per heavy atom. The van der Waals surface area contributed by atoms with Crippen molar-refractivity contribution in [3.05, 3.63) is 65.7 Å². The molecule has 0 aromatic heterocycles. The third kappa shape index (κ3) is 3.60. The predicted octanol–water partition coefficient (Wildman–Crippen LogP) is 5.34. The maximum atomic E-state index is 6.04. The Labute approximate surface area is 116 Å². The van der Waals surface area contributed by atoms with Crippen LogP contribution in [0.2, 0.25) is 0 Å². The molecule has 0 amide bonds. The van der Waals surface area contributed by atoms with Crippen LogP contribution in [-0.4, -0.2) is 0 Å². The molecule has 1 nitrogen and oxygen atoms in total. The maximum absolute atomic E-state index is 6.04. The fourth-order valence-electron chi connectivity index (χ4n) is 2.13. The number of ether oxygens (including phenoxy) is 1. The summed E-state index contributed by atoms with van der Waals surface area (Å²) < 4.78 is 6.04. The second kappa shape index (κ2) is 6.42. The number of rotatable bonds is 5. The molecule has 19 heavy (non-hydrogen) atoms. The largest absolute Gasteiger partial charge is 0.486 e. The van der Waals surface area contributed by atoms with Gasteiger partial charge in [-0.15, -0.1) is 0 Å². The van der Waals surface area contributed by atoms with Crippen molar-refractivity contribution in [3.63, 3.8) is 0 Å². The summed E-state index contributed by atoms with van der Waals surface area (Å²) in [5.41, 5.74) is 2.55. The van der Waals surface area contributed by atoms with E-state index in [0.29, 0.717) is 5.92 Å². The molecule has 2 rings (SSSR count). The minimum atomic E-state index is 0.0772. The van der Waals surface area contributed by atoms with E-state index in [9.17, 15) is 0 Å². The zero-order valence-corrected chi connectivity index (χ0v) is 12.0. The van der Waals surface area contributed by atoms with Crippen molar-refractivity contribution in [2.45, 2.75) is 39.2 Å². The van der Waals surface area contributed by atoms with Gasteiger partial charge in [0.05, 0.1) is 0 Å². The predicted molar refractivity (Wildman–Crippen MR) is 80.6 cm³/mol. The summed E-state index contributed by atoms with van der Waals surface area (Å²) in [6, 6.07) is 18.8. The molecule has 0 saturated heterocycles. The van der Waals surface area contributed by atoms with Gasteiger partial charge in [-0.2, -0.15) is 0 Å². The lowest BCUT2D eigenvalue weighted by molar-refractivity contribution is 0.226. The Kier molecular flexibility index (Phi) is 4.62. The molecule has 100 valence electrons. The molecule has 0 aliphatic rings. The lowest BCUT2D eigenvalue weighted by atomic mass is 9.99. The topological polar surface area (TPSA) is 9.23 Å². The summed E-state index contributed by atoms with van der Waals surface area (Å²) in [4.78, 5) is 0. The van der Waals surface area contributed by atoms with E-state index >= 15 is 0 Å². The van der Waals surface area contributed by atoms with Gasteiger partial charge < -0.3 is 4.74 Å². The number of hydrogen-bond donors (Lipinski definition) is 0. The van der Waals surface area contributed by atoms with Crippen LogP contribution in [-0.2, 0) is 0 Å². The molecule has 0 aliphatic carbocycles. The van der Waals surface area contributed by atoms with E-state index < -0.39 is 0 Å². The molecule has 0 N–H and O–H groups in total. The molecule has 0 radical (unpaired) electrons. The van der Waals surface area contributed by atoms with E-state index in [0.717, 1.165) is 12.2 Å². The van der Waals surface area contributed by atoms with Gasteiger partial charge in [-0.25, -0.2) is 0 Å². The van der Waals surface area contributed by atoms with Crippen molar-refractivity contribution in [1.29, 1.82) is 0 Å². The minimum Gasteiger partial charge on any atom is -0.486 e. The van der Waals surface area contributed by atoms with Gasteiger partial charge in [0.25, 0.3) is 0 Å². The zero-order valence-electron chi connectivity index (χ0n) is 12.0.